The number of rotatable bonds is 9. The molecule has 0 aliphatic carbocycles. The zero-order chi connectivity index (χ0) is 25.3. The van der Waals surface area contributed by atoms with Crippen molar-refractivity contribution >= 4 is 11.7 Å². The van der Waals surface area contributed by atoms with Gasteiger partial charge in [0, 0.05) is 25.2 Å². The minimum absolute atomic E-state index is 0.283. The first kappa shape index (κ1) is 24.6. The van der Waals surface area contributed by atoms with Gasteiger partial charge in [0.2, 0.25) is 0 Å². The van der Waals surface area contributed by atoms with Crippen molar-refractivity contribution in [2.45, 2.75) is 19.5 Å². The standard InChI is InChI=1S/C29H26FN5O/c30-24-9-4-5-20(16-24)13-14-33-28-26(29(36)34-19-22-7-3-6-21(15-22)17-31)11-12-27(35-28)25-10-2-1-8-23(25)18-32/h1-12,15-16H,13-14,17,19,31H2,(H,33,35)(H,34,36). The predicted molar refractivity (Wildman–Crippen MR) is 138 cm³/mol. The van der Waals surface area contributed by atoms with Crippen LogP contribution in [0.2, 0.25) is 0 Å². The van der Waals surface area contributed by atoms with Crippen LogP contribution in [0.5, 0.6) is 0 Å². The summed E-state index contributed by atoms with van der Waals surface area (Å²) >= 11 is 0. The highest BCUT2D eigenvalue weighted by atomic mass is 19.1. The Morgan fingerprint density at radius 1 is 0.944 bits per heavy atom. The highest BCUT2D eigenvalue weighted by Crippen LogP contribution is 2.25. The van der Waals surface area contributed by atoms with E-state index in [-0.39, 0.29) is 11.7 Å². The van der Waals surface area contributed by atoms with Crippen molar-refractivity contribution in [3.05, 3.63) is 119 Å². The number of pyridine rings is 1. The van der Waals surface area contributed by atoms with Crippen LogP contribution in [0.4, 0.5) is 10.2 Å². The van der Waals surface area contributed by atoms with Crippen molar-refractivity contribution in [2.24, 2.45) is 5.73 Å². The van der Waals surface area contributed by atoms with E-state index >= 15 is 0 Å². The van der Waals surface area contributed by atoms with E-state index in [0.29, 0.717) is 54.3 Å². The number of nitrogens with one attached hydrogen (secondary N) is 2. The maximum atomic E-state index is 13.6. The van der Waals surface area contributed by atoms with Gasteiger partial charge in [0.25, 0.3) is 5.91 Å². The smallest absolute Gasteiger partial charge is 0.255 e. The Labute approximate surface area is 209 Å². The monoisotopic (exact) mass is 479 g/mol. The lowest BCUT2D eigenvalue weighted by molar-refractivity contribution is 0.0951. The van der Waals surface area contributed by atoms with Crippen molar-refractivity contribution < 1.29 is 9.18 Å². The molecule has 36 heavy (non-hydrogen) atoms. The molecule has 4 aromatic rings. The average Bonchev–Trinajstić information content (AvgIpc) is 2.92. The number of hydrogen-bond acceptors (Lipinski definition) is 5. The molecule has 0 radical (unpaired) electrons. The van der Waals surface area contributed by atoms with Crippen LogP contribution in [-0.2, 0) is 19.5 Å². The summed E-state index contributed by atoms with van der Waals surface area (Å²) in [4.78, 5) is 17.8. The van der Waals surface area contributed by atoms with Crippen LogP contribution in [0.15, 0.2) is 84.9 Å². The number of nitrogens with zero attached hydrogens (tertiary/aromatic N) is 2. The minimum atomic E-state index is -0.292. The van der Waals surface area contributed by atoms with Gasteiger partial charge in [0.1, 0.15) is 11.6 Å². The van der Waals surface area contributed by atoms with Crippen LogP contribution < -0.4 is 16.4 Å². The zero-order valence-electron chi connectivity index (χ0n) is 19.7. The van der Waals surface area contributed by atoms with E-state index in [0.717, 1.165) is 16.7 Å². The summed E-state index contributed by atoms with van der Waals surface area (Å²) in [6.07, 6.45) is 0.547. The summed E-state index contributed by atoms with van der Waals surface area (Å²) < 4.78 is 13.6. The Kier molecular flexibility index (Phi) is 8.01. The first-order valence-corrected chi connectivity index (χ1v) is 11.6. The molecule has 1 amide bonds. The number of hydrogen-bond donors (Lipinski definition) is 3. The zero-order valence-corrected chi connectivity index (χ0v) is 19.7. The largest absolute Gasteiger partial charge is 0.369 e. The lowest BCUT2D eigenvalue weighted by Crippen LogP contribution is -2.25. The van der Waals surface area contributed by atoms with E-state index < -0.39 is 0 Å². The van der Waals surface area contributed by atoms with Crippen molar-refractivity contribution in [1.82, 2.24) is 10.3 Å². The molecule has 0 saturated carbocycles. The second kappa shape index (κ2) is 11.7. The Hall–Kier alpha value is -4.54. The fourth-order valence-electron chi connectivity index (χ4n) is 3.89. The van der Waals surface area contributed by atoms with Gasteiger partial charge in [-0.05, 0) is 53.4 Å². The van der Waals surface area contributed by atoms with Gasteiger partial charge in [-0.15, -0.1) is 0 Å². The molecule has 0 unspecified atom stereocenters. The fourth-order valence-corrected chi connectivity index (χ4v) is 3.89. The van der Waals surface area contributed by atoms with Crippen LogP contribution >= 0.6 is 0 Å². The van der Waals surface area contributed by atoms with Crippen molar-refractivity contribution in [3.63, 3.8) is 0 Å². The predicted octanol–water partition coefficient (Wildman–Crippen LogP) is 4.80. The summed E-state index contributed by atoms with van der Waals surface area (Å²) in [6.45, 7) is 1.21. The number of nitrogens with two attached hydrogens (primary N) is 1. The lowest BCUT2D eigenvalue weighted by atomic mass is 10.0. The molecule has 6 nitrogen and oxygen atoms in total. The molecule has 1 heterocycles. The summed E-state index contributed by atoms with van der Waals surface area (Å²) in [5.74, 6) is -0.182. The molecule has 0 bridgehead atoms. The summed E-state index contributed by atoms with van der Waals surface area (Å²) in [5.41, 5.74) is 10.6. The molecule has 180 valence electrons. The highest BCUT2D eigenvalue weighted by molar-refractivity contribution is 5.99. The molecule has 0 aliphatic rings. The van der Waals surface area contributed by atoms with Gasteiger partial charge in [-0.1, -0.05) is 54.6 Å². The molecule has 0 aliphatic heterocycles. The number of benzene rings is 3. The Morgan fingerprint density at radius 2 is 1.72 bits per heavy atom. The van der Waals surface area contributed by atoms with Crippen molar-refractivity contribution in [3.8, 4) is 17.3 Å². The number of halogens is 1. The first-order chi connectivity index (χ1) is 17.6. The minimum Gasteiger partial charge on any atom is -0.369 e. The van der Waals surface area contributed by atoms with E-state index in [1.807, 2.05) is 42.5 Å². The summed E-state index contributed by atoms with van der Waals surface area (Å²) in [6, 6.07) is 26.9. The molecule has 0 saturated heterocycles. The molecule has 4 rings (SSSR count). The second-order valence-corrected chi connectivity index (χ2v) is 8.26. The van der Waals surface area contributed by atoms with E-state index in [1.165, 1.54) is 12.1 Å². The Morgan fingerprint density at radius 3 is 2.53 bits per heavy atom. The molecule has 0 atom stereocenters. The lowest BCUT2D eigenvalue weighted by Gasteiger charge is -2.14. The summed E-state index contributed by atoms with van der Waals surface area (Å²) in [5, 5.41) is 15.7. The third-order valence-electron chi connectivity index (χ3n) is 5.74. The molecular formula is C29H26FN5O. The second-order valence-electron chi connectivity index (χ2n) is 8.26. The van der Waals surface area contributed by atoms with Gasteiger partial charge in [0.15, 0.2) is 0 Å². The number of aromatic nitrogens is 1. The van der Waals surface area contributed by atoms with Gasteiger partial charge in [-0.2, -0.15) is 5.26 Å². The molecular weight excluding hydrogens is 453 g/mol. The van der Waals surface area contributed by atoms with Gasteiger partial charge < -0.3 is 16.4 Å². The fraction of sp³-hybridized carbons (Fsp3) is 0.138. The third-order valence-corrected chi connectivity index (χ3v) is 5.74. The van der Waals surface area contributed by atoms with Gasteiger partial charge in [-0.25, -0.2) is 9.37 Å². The maximum absolute atomic E-state index is 13.6. The van der Waals surface area contributed by atoms with Crippen LogP contribution in [0.1, 0.15) is 32.6 Å². The van der Waals surface area contributed by atoms with Crippen LogP contribution in [0.3, 0.4) is 0 Å². The molecule has 1 aromatic heterocycles. The third kappa shape index (κ3) is 6.12. The van der Waals surface area contributed by atoms with Crippen LogP contribution in [0, 0.1) is 17.1 Å². The van der Waals surface area contributed by atoms with E-state index in [4.69, 9.17) is 10.7 Å². The average molecular weight is 480 g/mol. The Bertz CT molecular complexity index is 1410. The quantitative estimate of drug-likeness (QED) is 0.320. The van der Waals surface area contributed by atoms with Gasteiger partial charge in [-0.3, -0.25) is 4.79 Å². The molecule has 0 spiro atoms. The normalized spacial score (nSPS) is 10.5. The topological polar surface area (TPSA) is 104 Å². The molecule has 3 aromatic carbocycles. The van der Waals surface area contributed by atoms with Crippen LogP contribution in [0.25, 0.3) is 11.3 Å². The number of anilines is 1. The first-order valence-electron chi connectivity index (χ1n) is 11.6. The van der Waals surface area contributed by atoms with Gasteiger partial charge in [0.05, 0.1) is 22.9 Å². The van der Waals surface area contributed by atoms with E-state index in [1.54, 1.807) is 30.3 Å². The van der Waals surface area contributed by atoms with E-state index in [2.05, 4.69) is 16.7 Å². The number of carbonyl (C=O) groups excluding carboxylic acids is 1. The van der Waals surface area contributed by atoms with E-state index in [9.17, 15) is 14.4 Å². The Balaban J connectivity index is 1.57. The number of amides is 1. The maximum Gasteiger partial charge on any atom is 0.255 e. The molecule has 4 N–H and O–H groups in total. The molecule has 7 heteroatoms. The number of nitriles is 1. The van der Waals surface area contributed by atoms with Crippen molar-refractivity contribution in [2.75, 3.05) is 11.9 Å². The van der Waals surface area contributed by atoms with Gasteiger partial charge >= 0.3 is 0 Å². The number of carbonyl (C=O) groups is 1. The molecule has 0 fully saturated rings. The summed E-state index contributed by atoms with van der Waals surface area (Å²) in [7, 11) is 0. The SMILES string of the molecule is N#Cc1ccccc1-c1ccc(C(=O)NCc2cccc(CN)c2)c(NCCc2cccc(F)c2)n1. The van der Waals surface area contributed by atoms with Crippen LogP contribution in [-0.4, -0.2) is 17.4 Å². The van der Waals surface area contributed by atoms with Crippen molar-refractivity contribution in [1.29, 1.82) is 5.26 Å². The highest BCUT2D eigenvalue weighted by Gasteiger charge is 2.16.